The number of aliphatic hydroxyl groups is 1. The first-order chi connectivity index (χ1) is 18.1. The van der Waals surface area contributed by atoms with Crippen LogP contribution in [0.1, 0.15) is 42.1 Å². The average molecular weight is 492 g/mol. The van der Waals surface area contributed by atoms with Gasteiger partial charge in [0.15, 0.2) is 5.78 Å². The third-order valence-corrected chi connectivity index (χ3v) is 7.25. The Hall–Kier alpha value is -3.80. The molecule has 1 N–H and O–H groups in total. The van der Waals surface area contributed by atoms with Crippen LogP contribution in [0, 0.1) is 0 Å². The molecule has 0 radical (unpaired) electrons. The van der Waals surface area contributed by atoms with Crippen LogP contribution in [0.5, 0.6) is 0 Å². The fourth-order valence-electron chi connectivity index (χ4n) is 5.41. The Morgan fingerprint density at radius 2 is 1.46 bits per heavy atom. The number of nitrogens with zero attached hydrogens (tertiary/aromatic N) is 3. The first-order valence-corrected chi connectivity index (χ1v) is 13.0. The highest BCUT2D eigenvalue weighted by Gasteiger charge is 2.44. The molecule has 0 amide bonds. The van der Waals surface area contributed by atoms with Crippen LogP contribution in [0.2, 0.25) is 0 Å². The number of carbonyl (C=O) groups excluding carboxylic acids is 1. The minimum absolute atomic E-state index is 0.143. The highest BCUT2D eigenvalue weighted by Crippen LogP contribution is 2.44. The molecule has 1 aromatic heterocycles. The molecule has 0 spiro atoms. The molecule has 0 aliphatic carbocycles. The summed E-state index contributed by atoms with van der Waals surface area (Å²) >= 11 is 0. The number of ketones is 1. The molecule has 2 heterocycles. The summed E-state index contributed by atoms with van der Waals surface area (Å²) in [5.41, 5.74) is 4.70. The summed E-state index contributed by atoms with van der Waals surface area (Å²) in [5, 5.41) is 15.6. The highest BCUT2D eigenvalue weighted by atomic mass is 16.3. The SMILES string of the molecule is CCC(=O)Cn1ccc(/C=C2/CN(C(c3ccccc3)(c3ccccc3)c3ccccc3)CCC2O)n1. The Morgan fingerprint density at radius 3 is 1.97 bits per heavy atom. The zero-order valence-corrected chi connectivity index (χ0v) is 21.2. The number of benzene rings is 3. The maximum atomic E-state index is 11.9. The lowest BCUT2D eigenvalue weighted by molar-refractivity contribution is -0.119. The van der Waals surface area contributed by atoms with Crippen LogP contribution in [0.4, 0.5) is 0 Å². The van der Waals surface area contributed by atoms with Gasteiger partial charge in [0.25, 0.3) is 0 Å². The topological polar surface area (TPSA) is 58.4 Å². The van der Waals surface area contributed by atoms with Gasteiger partial charge in [0, 0.05) is 25.7 Å². The van der Waals surface area contributed by atoms with Gasteiger partial charge in [0.1, 0.15) is 0 Å². The Balaban J connectivity index is 1.60. The van der Waals surface area contributed by atoms with Crippen LogP contribution >= 0.6 is 0 Å². The number of likely N-dealkylation sites (tertiary alicyclic amines) is 1. The molecule has 0 bridgehead atoms. The van der Waals surface area contributed by atoms with Gasteiger partial charge in [0.05, 0.1) is 23.9 Å². The van der Waals surface area contributed by atoms with E-state index in [0.717, 1.165) is 17.8 Å². The predicted octanol–water partition coefficient (Wildman–Crippen LogP) is 5.30. The van der Waals surface area contributed by atoms with Crippen molar-refractivity contribution >= 4 is 11.9 Å². The van der Waals surface area contributed by atoms with E-state index in [-0.39, 0.29) is 12.3 Å². The molecule has 37 heavy (non-hydrogen) atoms. The Morgan fingerprint density at radius 1 is 0.919 bits per heavy atom. The first kappa shape index (κ1) is 24.9. The van der Waals surface area contributed by atoms with Crippen molar-refractivity contribution in [1.82, 2.24) is 14.7 Å². The van der Waals surface area contributed by atoms with Gasteiger partial charge in [-0.1, -0.05) is 97.9 Å². The molecular weight excluding hydrogens is 458 g/mol. The van der Waals surface area contributed by atoms with Crippen LogP contribution in [-0.2, 0) is 16.9 Å². The molecule has 1 fully saturated rings. The van der Waals surface area contributed by atoms with E-state index in [1.165, 1.54) is 16.7 Å². The monoisotopic (exact) mass is 491 g/mol. The highest BCUT2D eigenvalue weighted by molar-refractivity contribution is 5.77. The second-order valence-corrected chi connectivity index (χ2v) is 9.58. The van der Waals surface area contributed by atoms with Crippen LogP contribution in [0.25, 0.3) is 6.08 Å². The first-order valence-electron chi connectivity index (χ1n) is 13.0. The Bertz CT molecular complexity index is 1250. The smallest absolute Gasteiger partial charge is 0.154 e. The zero-order chi connectivity index (χ0) is 25.7. The summed E-state index contributed by atoms with van der Waals surface area (Å²) in [6, 6.07) is 33.8. The number of Topliss-reactive ketones (excluding diaryl/α,β-unsaturated/α-hetero) is 1. The van der Waals surface area contributed by atoms with E-state index in [9.17, 15) is 9.90 Å². The van der Waals surface area contributed by atoms with Gasteiger partial charge in [-0.15, -0.1) is 0 Å². The second kappa shape index (κ2) is 11.1. The number of carbonyl (C=O) groups is 1. The predicted molar refractivity (Wildman–Crippen MR) is 147 cm³/mol. The van der Waals surface area contributed by atoms with Gasteiger partial charge in [-0.25, -0.2) is 0 Å². The Kier molecular flexibility index (Phi) is 7.45. The van der Waals surface area contributed by atoms with Crippen molar-refractivity contribution in [2.75, 3.05) is 13.1 Å². The van der Waals surface area contributed by atoms with Gasteiger partial charge in [0.2, 0.25) is 0 Å². The van der Waals surface area contributed by atoms with Gasteiger partial charge in [-0.2, -0.15) is 5.10 Å². The van der Waals surface area contributed by atoms with Gasteiger partial charge in [-0.05, 0) is 40.8 Å². The third kappa shape index (κ3) is 5.06. The van der Waals surface area contributed by atoms with Crippen LogP contribution in [0.15, 0.2) is 109 Å². The van der Waals surface area contributed by atoms with Crippen molar-refractivity contribution in [3.8, 4) is 0 Å². The van der Waals surface area contributed by atoms with Crippen molar-refractivity contribution in [1.29, 1.82) is 0 Å². The standard InChI is InChI=1S/C32H33N3O2/c1-2-30(36)24-35-21-18-29(33-35)22-25-23-34(20-19-31(25)37)32(26-12-6-3-7-13-26,27-14-8-4-9-15-27)28-16-10-5-11-17-28/h3-18,21-22,31,37H,2,19-20,23-24H2,1H3/b25-22-. The summed E-state index contributed by atoms with van der Waals surface area (Å²) < 4.78 is 1.67. The number of rotatable bonds is 8. The summed E-state index contributed by atoms with van der Waals surface area (Å²) in [4.78, 5) is 14.3. The van der Waals surface area contributed by atoms with Crippen LogP contribution in [0.3, 0.4) is 0 Å². The van der Waals surface area contributed by atoms with Crippen LogP contribution in [-0.4, -0.2) is 44.8 Å². The van der Waals surface area contributed by atoms with Crippen molar-refractivity contribution in [3.05, 3.63) is 131 Å². The number of aromatic nitrogens is 2. The molecular formula is C32H33N3O2. The van der Waals surface area contributed by atoms with Gasteiger partial charge in [-0.3, -0.25) is 14.4 Å². The van der Waals surface area contributed by atoms with Crippen molar-refractivity contribution in [2.24, 2.45) is 0 Å². The van der Waals surface area contributed by atoms with Crippen molar-refractivity contribution in [2.45, 2.75) is 38.0 Å². The lowest BCUT2D eigenvalue weighted by Crippen LogP contribution is -2.52. The lowest BCUT2D eigenvalue weighted by Gasteiger charge is -2.48. The van der Waals surface area contributed by atoms with E-state index >= 15 is 0 Å². The number of piperidine rings is 1. The molecule has 1 atom stereocenters. The maximum absolute atomic E-state index is 11.9. The van der Waals surface area contributed by atoms with E-state index in [0.29, 0.717) is 19.4 Å². The molecule has 5 heteroatoms. The van der Waals surface area contributed by atoms with E-state index in [4.69, 9.17) is 0 Å². The van der Waals surface area contributed by atoms with Gasteiger partial charge >= 0.3 is 0 Å². The molecule has 1 aliphatic rings. The molecule has 1 unspecified atom stereocenters. The number of aliphatic hydroxyl groups excluding tert-OH is 1. The average Bonchev–Trinajstić information content (AvgIpc) is 3.39. The summed E-state index contributed by atoms with van der Waals surface area (Å²) in [7, 11) is 0. The molecule has 3 aromatic carbocycles. The van der Waals surface area contributed by atoms with Crippen molar-refractivity contribution in [3.63, 3.8) is 0 Å². The minimum atomic E-state index is -0.543. The Labute approximate surface area is 218 Å². The number of hydrogen-bond acceptors (Lipinski definition) is 4. The largest absolute Gasteiger partial charge is 0.389 e. The van der Waals surface area contributed by atoms with Gasteiger partial charge < -0.3 is 5.11 Å². The normalized spacial score (nSPS) is 17.7. The zero-order valence-electron chi connectivity index (χ0n) is 21.2. The lowest BCUT2D eigenvalue weighted by atomic mass is 9.74. The molecule has 1 saturated heterocycles. The molecule has 4 aromatic rings. The minimum Gasteiger partial charge on any atom is -0.389 e. The summed E-state index contributed by atoms with van der Waals surface area (Å²) in [6.45, 7) is 3.45. The molecule has 5 nitrogen and oxygen atoms in total. The molecule has 0 saturated carbocycles. The number of hydrogen-bond donors (Lipinski definition) is 1. The maximum Gasteiger partial charge on any atom is 0.154 e. The fraction of sp³-hybridized carbons (Fsp3) is 0.250. The second-order valence-electron chi connectivity index (χ2n) is 9.58. The van der Waals surface area contributed by atoms with Crippen molar-refractivity contribution < 1.29 is 9.90 Å². The summed E-state index contributed by atoms with van der Waals surface area (Å²) in [6.07, 6.45) is 4.38. The third-order valence-electron chi connectivity index (χ3n) is 7.25. The van der Waals surface area contributed by atoms with E-state index < -0.39 is 11.6 Å². The quantitative estimate of drug-likeness (QED) is 0.340. The van der Waals surface area contributed by atoms with E-state index in [1.807, 2.05) is 25.3 Å². The van der Waals surface area contributed by atoms with Crippen LogP contribution < -0.4 is 0 Å². The molecule has 5 rings (SSSR count). The summed E-state index contributed by atoms with van der Waals surface area (Å²) in [5.74, 6) is 0.143. The molecule has 1 aliphatic heterocycles. The fourth-order valence-corrected chi connectivity index (χ4v) is 5.41. The van der Waals surface area contributed by atoms with E-state index in [2.05, 4.69) is 101 Å². The molecule has 188 valence electrons. The van der Waals surface area contributed by atoms with E-state index in [1.54, 1.807) is 4.68 Å².